The Hall–Kier alpha value is -2.27. The summed E-state index contributed by atoms with van der Waals surface area (Å²) in [5.74, 6) is 0.167. The van der Waals surface area contributed by atoms with E-state index >= 15 is 0 Å². The molecule has 0 aliphatic carbocycles. The summed E-state index contributed by atoms with van der Waals surface area (Å²) >= 11 is 6.10. The molecule has 3 rings (SSSR count). The lowest BCUT2D eigenvalue weighted by Crippen LogP contribution is -2.04. The first kappa shape index (κ1) is 14.7. The zero-order valence-corrected chi connectivity index (χ0v) is 11.8. The fraction of sp³-hybridized carbons (Fsp3) is 0.0625. The minimum absolute atomic E-state index is 0.135. The molecule has 0 amide bonds. The van der Waals surface area contributed by atoms with Gasteiger partial charge in [-0.3, -0.25) is 0 Å². The largest absolute Gasteiger partial charge is 0.435 e. The highest BCUT2D eigenvalue weighted by atomic mass is 35.5. The molecular weight excluding hydrogens is 315 g/mol. The number of benzene rings is 2. The Kier molecular flexibility index (Phi) is 3.66. The van der Waals surface area contributed by atoms with E-state index in [0.29, 0.717) is 16.7 Å². The first-order valence-electron chi connectivity index (χ1n) is 6.34. The molecule has 2 nitrogen and oxygen atoms in total. The van der Waals surface area contributed by atoms with Crippen LogP contribution in [0.3, 0.4) is 0 Å². The zero-order valence-electron chi connectivity index (χ0n) is 11.1. The molecule has 0 aliphatic rings. The molecule has 0 radical (unpaired) electrons. The van der Waals surface area contributed by atoms with Crippen molar-refractivity contribution in [1.82, 2.24) is 4.98 Å². The first-order valence-corrected chi connectivity index (χ1v) is 6.72. The van der Waals surface area contributed by atoms with Crippen LogP contribution in [0.5, 0.6) is 0 Å². The Morgan fingerprint density at radius 2 is 1.86 bits per heavy atom. The molecule has 0 unspecified atom stereocenters. The monoisotopic (exact) mass is 323 g/mol. The summed E-state index contributed by atoms with van der Waals surface area (Å²) in [5.41, 5.74) is 0.784. The predicted molar refractivity (Wildman–Crippen MR) is 79.2 cm³/mol. The van der Waals surface area contributed by atoms with Crippen molar-refractivity contribution < 1.29 is 17.6 Å². The van der Waals surface area contributed by atoms with Gasteiger partial charge >= 0.3 is 6.18 Å². The molecule has 0 fully saturated rings. The molecule has 0 atom stereocenters. The van der Waals surface area contributed by atoms with Crippen LogP contribution >= 0.6 is 11.6 Å². The van der Waals surface area contributed by atoms with E-state index in [1.807, 2.05) is 0 Å². The van der Waals surface area contributed by atoms with Gasteiger partial charge in [0.25, 0.3) is 0 Å². The topological polar surface area (TPSA) is 26.0 Å². The quantitative estimate of drug-likeness (QED) is 0.615. The van der Waals surface area contributed by atoms with Crippen LogP contribution in [0.15, 0.2) is 52.9 Å². The van der Waals surface area contributed by atoms with E-state index in [0.717, 1.165) is 12.1 Å². The van der Waals surface area contributed by atoms with E-state index in [1.54, 1.807) is 24.3 Å². The molecule has 0 saturated carbocycles. The maximum Gasteiger partial charge on any atom is 0.416 e. The zero-order chi connectivity index (χ0) is 15.7. The van der Waals surface area contributed by atoms with Crippen molar-refractivity contribution in [2.75, 3.05) is 0 Å². The first-order chi connectivity index (χ1) is 10.4. The van der Waals surface area contributed by atoms with Crippen molar-refractivity contribution in [3.63, 3.8) is 0 Å². The van der Waals surface area contributed by atoms with Gasteiger partial charge in [0.1, 0.15) is 10.5 Å². The van der Waals surface area contributed by atoms with Gasteiger partial charge in [0.05, 0.1) is 5.56 Å². The smallest absolute Gasteiger partial charge is 0.416 e. The van der Waals surface area contributed by atoms with Gasteiger partial charge in [0.2, 0.25) is 5.89 Å². The van der Waals surface area contributed by atoms with Crippen LogP contribution in [-0.4, -0.2) is 4.98 Å². The minimum Gasteiger partial charge on any atom is -0.435 e. The summed E-state index contributed by atoms with van der Waals surface area (Å²) in [6.45, 7) is 0. The van der Waals surface area contributed by atoms with Gasteiger partial charge < -0.3 is 4.42 Å². The van der Waals surface area contributed by atoms with Gasteiger partial charge in [-0.25, -0.2) is 4.98 Å². The normalized spacial score (nSPS) is 12.8. The van der Waals surface area contributed by atoms with E-state index in [1.165, 1.54) is 18.2 Å². The molecule has 0 bridgehead atoms. The molecule has 0 saturated heterocycles. The molecular formula is C16H9ClF3NO. The third kappa shape index (κ3) is 2.99. The maximum absolute atomic E-state index is 12.7. The van der Waals surface area contributed by atoms with Crippen LogP contribution in [-0.2, 0) is 6.18 Å². The number of nitrogens with zero attached hydrogens (tertiary/aromatic N) is 1. The number of fused-ring (bicyclic) bond motifs is 1. The molecule has 3 aromatic rings. The second-order valence-corrected chi connectivity index (χ2v) is 5.01. The fourth-order valence-corrected chi connectivity index (χ4v) is 2.19. The summed E-state index contributed by atoms with van der Waals surface area (Å²) in [5, 5.41) is 0.135. The fourth-order valence-electron chi connectivity index (χ4n) is 1.99. The Morgan fingerprint density at radius 3 is 2.59 bits per heavy atom. The lowest BCUT2D eigenvalue weighted by molar-refractivity contribution is -0.137. The van der Waals surface area contributed by atoms with Gasteiger partial charge in [0, 0.05) is 0 Å². The summed E-state index contributed by atoms with van der Waals surface area (Å²) < 4.78 is 43.5. The third-order valence-corrected chi connectivity index (χ3v) is 3.28. The lowest BCUT2D eigenvalue weighted by atomic mass is 10.1. The third-order valence-electron chi connectivity index (χ3n) is 3.01. The molecule has 112 valence electrons. The van der Waals surface area contributed by atoms with Crippen LogP contribution in [0.25, 0.3) is 22.2 Å². The van der Waals surface area contributed by atoms with Crippen molar-refractivity contribution in [2.45, 2.75) is 6.18 Å². The summed E-state index contributed by atoms with van der Waals surface area (Å²) in [4.78, 5) is 4.19. The second-order valence-electron chi connectivity index (χ2n) is 4.60. The van der Waals surface area contributed by atoms with Gasteiger partial charge in [-0.1, -0.05) is 35.9 Å². The van der Waals surface area contributed by atoms with E-state index in [4.69, 9.17) is 16.0 Å². The Balaban J connectivity index is 1.97. The molecule has 0 spiro atoms. The predicted octanol–water partition coefficient (Wildman–Crippen LogP) is 5.58. The maximum atomic E-state index is 12.7. The summed E-state index contributed by atoms with van der Waals surface area (Å²) in [6.07, 6.45) is -3.00. The van der Waals surface area contributed by atoms with Gasteiger partial charge in [0.15, 0.2) is 5.58 Å². The van der Waals surface area contributed by atoms with E-state index in [2.05, 4.69) is 4.98 Å². The van der Waals surface area contributed by atoms with Crippen molar-refractivity contribution in [3.05, 3.63) is 65.5 Å². The van der Waals surface area contributed by atoms with Crippen LogP contribution in [0.1, 0.15) is 17.0 Å². The number of halogens is 4. The second kappa shape index (κ2) is 5.50. The number of aromatic nitrogens is 1. The van der Waals surface area contributed by atoms with Crippen LogP contribution < -0.4 is 0 Å². The Morgan fingerprint density at radius 1 is 1.09 bits per heavy atom. The van der Waals surface area contributed by atoms with E-state index < -0.39 is 11.7 Å². The van der Waals surface area contributed by atoms with Gasteiger partial charge in [-0.05, 0) is 35.9 Å². The number of hydrogen-bond donors (Lipinski definition) is 0. The molecule has 1 heterocycles. The van der Waals surface area contributed by atoms with Crippen molar-refractivity contribution in [2.24, 2.45) is 0 Å². The van der Waals surface area contributed by atoms with Gasteiger partial charge in [-0.15, -0.1) is 0 Å². The van der Waals surface area contributed by atoms with Crippen LogP contribution in [0, 0.1) is 0 Å². The minimum atomic E-state index is -4.39. The highest BCUT2D eigenvalue weighted by Gasteiger charge is 2.30. The van der Waals surface area contributed by atoms with Crippen molar-refractivity contribution >= 4 is 33.8 Å². The summed E-state index contributed by atoms with van der Waals surface area (Å²) in [7, 11) is 0. The van der Waals surface area contributed by atoms with Crippen molar-refractivity contribution in [3.8, 4) is 0 Å². The molecule has 22 heavy (non-hydrogen) atoms. The molecule has 6 heteroatoms. The Labute approximate surface area is 128 Å². The van der Waals surface area contributed by atoms with Crippen molar-refractivity contribution in [1.29, 1.82) is 0 Å². The Bertz CT molecular complexity index is 819. The molecule has 0 aliphatic heterocycles. The number of alkyl halides is 3. The highest BCUT2D eigenvalue weighted by Crippen LogP contribution is 2.31. The molecule has 1 aromatic heterocycles. The number of oxazole rings is 1. The standard InChI is InChI=1S/C16H9ClF3NO/c17-12(15-21-13-6-1-2-7-14(13)22-15)9-10-4-3-5-11(8-10)16(18,19)20/h1-9H/b12-9+. The van der Waals surface area contributed by atoms with Gasteiger partial charge in [-0.2, -0.15) is 13.2 Å². The number of para-hydroxylation sites is 2. The van der Waals surface area contributed by atoms with Crippen LogP contribution in [0.4, 0.5) is 13.2 Å². The lowest BCUT2D eigenvalue weighted by Gasteiger charge is -2.06. The summed E-state index contributed by atoms with van der Waals surface area (Å²) in [6, 6.07) is 12.0. The number of rotatable bonds is 2. The van der Waals surface area contributed by atoms with E-state index in [-0.39, 0.29) is 10.9 Å². The van der Waals surface area contributed by atoms with E-state index in [9.17, 15) is 13.2 Å². The molecule has 0 N–H and O–H groups in total. The molecule has 2 aromatic carbocycles. The highest BCUT2D eigenvalue weighted by molar-refractivity contribution is 6.50. The van der Waals surface area contributed by atoms with Crippen LogP contribution in [0.2, 0.25) is 0 Å². The average molecular weight is 324 g/mol. The SMILES string of the molecule is FC(F)(F)c1cccc(/C=C(/Cl)c2nc3ccccc3o2)c1. The number of hydrogen-bond acceptors (Lipinski definition) is 2. The average Bonchev–Trinajstić information content (AvgIpc) is 2.90.